The SMILES string of the molecule is NCCn1nc2c3c(cccc31)Sc1cnccc1-2. The third-order valence-corrected chi connectivity index (χ3v) is 4.45. The van der Waals surface area contributed by atoms with Crippen LogP contribution in [-0.4, -0.2) is 21.3 Å². The molecule has 4 rings (SSSR count). The number of pyridine rings is 1. The van der Waals surface area contributed by atoms with Gasteiger partial charge in [-0.15, -0.1) is 0 Å². The molecule has 1 aliphatic heterocycles. The fourth-order valence-electron chi connectivity index (χ4n) is 2.54. The monoisotopic (exact) mass is 268 g/mol. The Bertz CT molecular complexity index is 778. The minimum atomic E-state index is 0.594. The van der Waals surface area contributed by atoms with Gasteiger partial charge in [-0.1, -0.05) is 17.8 Å². The van der Waals surface area contributed by atoms with Gasteiger partial charge in [0.25, 0.3) is 0 Å². The van der Waals surface area contributed by atoms with Crippen LogP contribution >= 0.6 is 11.8 Å². The van der Waals surface area contributed by atoms with E-state index in [1.807, 2.05) is 23.1 Å². The van der Waals surface area contributed by atoms with Crippen molar-refractivity contribution in [1.29, 1.82) is 0 Å². The Kier molecular flexibility index (Phi) is 2.36. The molecule has 0 radical (unpaired) electrons. The minimum Gasteiger partial charge on any atom is -0.329 e. The summed E-state index contributed by atoms with van der Waals surface area (Å²) >= 11 is 1.76. The summed E-state index contributed by atoms with van der Waals surface area (Å²) in [4.78, 5) is 6.62. The maximum atomic E-state index is 5.67. The molecular formula is C14H12N4S. The fraction of sp³-hybridized carbons (Fsp3) is 0.143. The van der Waals surface area contributed by atoms with Crippen LogP contribution in [0, 0.1) is 0 Å². The number of fused-ring (bicyclic) bond motifs is 2. The number of nitrogens with two attached hydrogens (primary N) is 1. The second-order valence-electron chi connectivity index (χ2n) is 4.48. The van der Waals surface area contributed by atoms with Crippen LogP contribution in [0.3, 0.4) is 0 Å². The van der Waals surface area contributed by atoms with Crippen molar-refractivity contribution >= 4 is 22.7 Å². The molecule has 0 unspecified atom stereocenters. The van der Waals surface area contributed by atoms with Crippen LogP contribution in [0.25, 0.3) is 22.2 Å². The van der Waals surface area contributed by atoms with Crippen LogP contribution in [0.15, 0.2) is 46.5 Å². The van der Waals surface area contributed by atoms with Gasteiger partial charge in [-0.25, -0.2) is 0 Å². The molecule has 5 heteroatoms. The van der Waals surface area contributed by atoms with E-state index in [1.165, 1.54) is 20.7 Å². The van der Waals surface area contributed by atoms with Gasteiger partial charge >= 0.3 is 0 Å². The summed E-state index contributed by atoms with van der Waals surface area (Å²) < 4.78 is 2.00. The maximum Gasteiger partial charge on any atom is 0.103 e. The number of rotatable bonds is 2. The topological polar surface area (TPSA) is 56.7 Å². The highest BCUT2D eigenvalue weighted by atomic mass is 32.2. The van der Waals surface area contributed by atoms with Gasteiger partial charge in [-0.2, -0.15) is 5.10 Å². The zero-order chi connectivity index (χ0) is 12.8. The second kappa shape index (κ2) is 4.08. The Morgan fingerprint density at radius 1 is 1.21 bits per heavy atom. The summed E-state index contributed by atoms with van der Waals surface area (Å²) in [5, 5.41) is 5.98. The van der Waals surface area contributed by atoms with Gasteiger partial charge in [-0.3, -0.25) is 9.67 Å². The number of hydrogen-bond acceptors (Lipinski definition) is 4. The van der Waals surface area contributed by atoms with Crippen LogP contribution in [0.5, 0.6) is 0 Å². The zero-order valence-corrected chi connectivity index (χ0v) is 11.0. The molecule has 1 aromatic carbocycles. The molecule has 3 heterocycles. The summed E-state index contributed by atoms with van der Waals surface area (Å²) in [5.41, 5.74) is 9.05. The lowest BCUT2D eigenvalue weighted by atomic mass is 10.1. The molecule has 4 nitrogen and oxygen atoms in total. The highest BCUT2D eigenvalue weighted by Crippen LogP contribution is 2.46. The van der Waals surface area contributed by atoms with Gasteiger partial charge in [0, 0.05) is 39.7 Å². The van der Waals surface area contributed by atoms with Gasteiger partial charge in [-0.05, 0) is 18.2 Å². The molecule has 2 N–H and O–H groups in total. The third-order valence-electron chi connectivity index (χ3n) is 3.34. The van der Waals surface area contributed by atoms with E-state index < -0.39 is 0 Å². The van der Waals surface area contributed by atoms with Crippen LogP contribution in [0.1, 0.15) is 0 Å². The first-order chi connectivity index (χ1) is 9.38. The molecule has 1 aliphatic rings. The Morgan fingerprint density at radius 3 is 3.05 bits per heavy atom. The molecular weight excluding hydrogens is 256 g/mol. The van der Waals surface area contributed by atoms with Crippen LogP contribution in [0.2, 0.25) is 0 Å². The molecule has 3 aromatic rings. The summed E-state index contributed by atoms with van der Waals surface area (Å²) in [7, 11) is 0. The van der Waals surface area contributed by atoms with Crippen LogP contribution < -0.4 is 5.73 Å². The number of benzene rings is 1. The highest BCUT2D eigenvalue weighted by Gasteiger charge is 2.23. The molecule has 0 bridgehead atoms. The van der Waals surface area contributed by atoms with Gasteiger partial charge in [0.1, 0.15) is 5.69 Å². The minimum absolute atomic E-state index is 0.594. The Balaban J connectivity index is 2.09. The first kappa shape index (κ1) is 11.0. The van der Waals surface area contributed by atoms with Gasteiger partial charge in [0.05, 0.1) is 12.1 Å². The van der Waals surface area contributed by atoms with E-state index in [2.05, 4.69) is 23.2 Å². The van der Waals surface area contributed by atoms with Gasteiger partial charge in [0.15, 0.2) is 0 Å². The third kappa shape index (κ3) is 1.52. The average Bonchev–Trinajstić information content (AvgIpc) is 2.81. The first-order valence-corrected chi connectivity index (χ1v) is 7.02. The van der Waals surface area contributed by atoms with Crippen LogP contribution in [-0.2, 0) is 6.54 Å². The summed E-state index contributed by atoms with van der Waals surface area (Å²) in [5.74, 6) is 0. The Labute approximate surface area is 114 Å². The van der Waals surface area contributed by atoms with E-state index in [4.69, 9.17) is 10.8 Å². The molecule has 0 saturated carbocycles. The number of aromatic nitrogens is 3. The molecule has 0 aliphatic carbocycles. The molecule has 0 amide bonds. The molecule has 19 heavy (non-hydrogen) atoms. The van der Waals surface area contributed by atoms with E-state index in [1.54, 1.807) is 11.8 Å². The summed E-state index contributed by atoms with van der Waals surface area (Å²) in [6, 6.07) is 8.36. The van der Waals surface area contributed by atoms with Gasteiger partial charge < -0.3 is 5.73 Å². The smallest absolute Gasteiger partial charge is 0.103 e. The van der Waals surface area contributed by atoms with E-state index >= 15 is 0 Å². The lowest BCUT2D eigenvalue weighted by Crippen LogP contribution is -2.10. The lowest BCUT2D eigenvalue weighted by molar-refractivity contribution is 0.648. The van der Waals surface area contributed by atoms with Crippen LogP contribution in [0.4, 0.5) is 0 Å². The zero-order valence-electron chi connectivity index (χ0n) is 10.2. The standard InChI is InChI=1S/C14H12N4S/c15-5-7-18-10-2-1-3-11-13(10)14(17-18)9-4-6-16-8-12(9)19-11/h1-4,6,8H,5,7,15H2. The number of hydrogen-bond donors (Lipinski definition) is 1. The predicted molar refractivity (Wildman–Crippen MR) is 76.1 cm³/mol. The predicted octanol–water partition coefficient (Wildman–Crippen LogP) is 2.52. The molecule has 0 spiro atoms. The molecule has 0 fully saturated rings. The molecule has 94 valence electrons. The van der Waals surface area contributed by atoms with E-state index in [-0.39, 0.29) is 0 Å². The Hall–Kier alpha value is -1.85. The second-order valence-corrected chi connectivity index (χ2v) is 5.57. The fourth-order valence-corrected chi connectivity index (χ4v) is 3.61. The van der Waals surface area contributed by atoms with Crippen molar-refractivity contribution in [2.24, 2.45) is 5.73 Å². The summed E-state index contributed by atoms with van der Waals surface area (Å²) in [6.45, 7) is 1.34. The van der Waals surface area contributed by atoms with Crippen molar-refractivity contribution in [3.63, 3.8) is 0 Å². The van der Waals surface area contributed by atoms with E-state index in [0.717, 1.165) is 17.8 Å². The summed E-state index contributed by atoms with van der Waals surface area (Å²) in [6.07, 6.45) is 3.73. The van der Waals surface area contributed by atoms with Crippen molar-refractivity contribution in [1.82, 2.24) is 14.8 Å². The molecule has 0 saturated heterocycles. The number of nitrogens with zero attached hydrogens (tertiary/aromatic N) is 3. The van der Waals surface area contributed by atoms with E-state index in [0.29, 0.717) is 6.54 Å². The molecule has 2 aromatic heterocycles. The van der Waals surface area contributed by atoms with Crippen molar-refractivity contribution < 1.29 is 0 Å². The first-order valence-electron chi connectivity index (χ1n) is 6.20. The van der Waals surface area contributed by atoms with Crippen molar-refractivity contribution in [3.05, 3.63) is 36.7 Å². The normalized spacial score (nSPS) is 12.7. The van der Waals surface area contributed by atoms with Crippen molar-refractivity contribution in [2.45, 2.75) is 16.3 Å². The van der Waals surface area contributed by atoms with Crippen molar-refractivity contribution in [2.75, 3.05) is 6.54 Å². The van der Waals surface area contributed by atoms with Crippen molar-refractivity contribution in [3.8, 4) is 11.3 Å². The highest BCUT2D eigenvalue weighted by molar-refractivity contribution is 7.99. The lowest BCUT2D eigenvalue weighted by Gasteiger charge is -2.13. The average molecular weight is 268 g/mol. The largest absolute Gasteiger partial charge is 0.329 e. The Morgan fingerprint density at radius 2 is 2.16 bits per heavy atom. The maximum absolute atomic E-state index is 5.67. The quantitative estimate of drug-likeness (QED) is 0.607. The van der Waals surface area contributed by atoms with Gasteiger partial charge in [0.2, 0.25) is 0 Å². The molecule has 0 atom stereocenters. The van der Waals surface area contributed by atoms with E-state index in [9.17, 15) is 0 Å².